The summed E-state index contributed by atoms with van der Waals surface area (Å²) in [4.78, 5) is 11.1. The number of hydrogen-bond acceptors (Lipinski definition) is 2. The molecule has 0 bridgehead atoms. The normalized spacial score (nSPS) is 25.2. The molecule has 0 spiro atoms. The molecule has 0 amide bonds. The van der Waals surface area contributed by atoms with E-state index in [0.29, 0.717) is 17.4 Å². The molecule has 2 atom stereocenters. The molecule has 110 valence electrons. The number of nitrogens with one attached hydrogen (secondary N) is 1. The Kier molecular flexibility index (Phi) is 4.28. The molecule has 1 aliphatic carbocycles. The Labute approximate surface area is 125 Å². The number of anilines is 1. The number of carboxylic acid groups (broad SMARTS) is 1. The van der Waals surface area contributed by atoms with Gasteiger partial charge in [0.2, 0.25) is 0 Å². The van der Waals surface area contributed by atoms with E-state index in [2.05, 4.69) is 26.1 Å². The maximum absolute atomic E-state index is 11.1. The van der Waals surface area contributed by atoms with Gasteiger partial charge in [0.05, 0.1) is 10.6 Å². The Balaban J connectivity index is 2.14. The highest BCUT2D eigenvalue weighted by Crippen LogP contribution is 2.39. The van der Waals surface area contributed by atoms with Crippen LogP contribution in [0.15, 0.2) is 18.2 Å². The van der Waals surface area contributed by atoms with Crippen LogP contribution in [0.1, 0.15) is 50.4 Å². The molecule has 3 nitrogen and oxygen atoms in total. The Morgan fingerprint density at radius 1 is 1.40 bits per heavy atom. The van der Waals surface area contributed by atoms with E-state index in [0.717, 1.165) is 18.5 Å². The second kappa shape index (κ2) is 5.65. The van der Waals surface area contributed by atoms with Gasteiger partial charge < -0.3 is 10.4 Å². The van der Waals surface area contributed by atoms with Gasteiger partial charge >= 0.3 is 5.97 Å². The molecule has 0 radical (unpaired) electrons. The third-order valence-electron chi connectivity index (χ3n) is 3.95. The molecule has 20 heavy (non-hydrogen) atoms. The van der Waals surface area contributed by atoms with Gasteiger partial charge in [0, 0.05) is 11.7 Å². The molecular formula is C16H22ClNO2. The lowest BCUT2D eigenvalue weighted by Gasteiger charge is -2.39. The average Bonchev–Trinajstić information content (AvgIpc) is 2.28. The standard InChI is InChI=1S/C16H22ClNO2/c1-10-6-12(9-16(2,3)8-10)18-11-4-5-14(17)13(7-11)15(19)20/h4-5,7,10,12,18H,6,8-9H2,1-3H3,(H,19,20). The summed E-state index contributed by atoms with van der Waals surface area (Å²) in [6.07, 6.45) is 3.46. The topological polar surface area (TPSA) is 49.3 Å². The molecule has 0 aromatic heterocycles. The summed E-state index contributed by atoms with van der Waals surface area (Å²) in [6.45, 7) is 6.86. The van der Waals surface area contributed by atoms with Gasteiger partial charge in [0.15, 0.2) is 0 Å². The summed E-state index contributed by atoms with van der Waals surface area (Å²) >= 11 is 5.89. The monoisotopic (exact) mass is 295 g/mol. The van der Waals surface area contributed by atoms with Crippen molar-refractivity contribution in [2.75, 3.05) is 5.32 Å². The van der Waals surface area contributed by atoms with Crippen molar-refractivity contribution in [3.05, 3.63) is 28.8 Å². The van der Waals surface area contributed by atoms with E-state index in [1.54, 1.807) is 12.1 Å². The van der Waals surface area contributed by atoms with Crippen molar-refractivity contribution >= 4 is 23.3 Å². The van der Waals surface area contributed by atoms with Gasteiger partial charge in [-0.1, -0.05) is 32.4 Å². The van der Waals surface area contributed by atoms with Gasteiger partial charge in [-0.3, -0.25) is 0 Å². The van der Waals surface area contributed by atoms with E-state index < -0.39 is 5.97 Å². The Morgan fingerprint density at radius 2 is 2.10 bits per heavy atom. The number of benzene rings is 1. The zero-order valence-corrected chi connectivity index (χ0v) is 13.0. The zero-order valence-electron chi connectivity index (χ0n) is 12.2. The van der Waals surface area contributed by atoms with E-state index in [-0.39, 0.29) is 10.6 Å². The van der Waals surface area contributed by atoms with Crippen molar-refractivity contribution in [2.45, 2.75) is 46.1 Å². The summed E-state index contributed by atoms with van der Waals surface area (Å²) in [7, 11) is 0. The summed E-state index contributed by atoms with van der Waals surface area (Å²) in [6, 6.07) is 5.50. The minimum atomic E-state index is -0.990. The molecule has 0 aliphatic heterocycles. The fourth-order valence-electron chi connectivity index (χ4n) is 3.47. The fourth-order valence-corrected chi connectivity index (χ4v) is 3.67. The first kappa shape index (κ1) is 15.2. The lowest BCUT2D eigenvalue weighted by atomic mass is 9.70. The Bertz CT molecular complexity index is 513. The third-order valence-corrected chi connectivity index (χ3v) is 4.28. The smallest absolute Gasteiger partial charge is 0.337 e. The van der Waals surface area contributed by atoms with Gasteiger partial charge in [0.1, 0.15) is 0 Å². The van der Waals surface area contributed by atoms with Crippen molar-refractivity contribution in [2.24, 2.45) is 11.3 Å². The largest absolute Gasteiger partial charge is 0.478 e. The molecule has 1 aromatic carbocycles. The molecule has 2 N–H and O–H groups in total. The van der Waals surface area contributed by atoms with Crippen LogP contribution in [0, 0.1) is 11.3 Å². The first-order valence-electron chi connectivity index (χ1n) is 7.06. The molecule has 4 heteroatoms. The van der Waals surface area contributed by atoms with Crippen LogP contribution >= 0.6 is 11.6 Å². The number of hydrogen-bond donors (Lipinski definition) is 2. The van der Waals surface area contributed by atoms with Gasteiger partial charge in [-0.2, -0.15) is 0 Å². The Morgan fingerprint density at radius 3 is 2.70 bits per heavy atom. The first-order chi connectivity index (χ1) is 9.27. The summed E-state index contributed by atoms with van der Waals surface area (Å²) < 4.78 is 0. The highest BCUT2D eigenvalue weighted by atomic mass is 35.5. The number of aromatic carboxylic acids is 1. The van der Waals surface area contributed by atoms with E-state index >= 15 is 0 Å². The molecule has 2 rings (SSSR count). The SMILES string of the molecule is CC1CC(Nc2ccc(Cl)c(C(=O)O)c2)CC(C)(C)C1. The molecule has 0 saturated heterocycles. The number of carbonyl (C=O) groups is 1. The second-order valence-electron chi connectivity index (χ2n) is 6.75. The predicted molar refractivity (Wildman–Crippen MR) is 82.6 cm³/mol. The zero-order chi connectivity index (χ0) is 14.9. The van der Waals surface area contributed by atoms with Gasteiger partial charge in [0.25, 0.3) is 0 Å². The van der Waals surface area contributed by atoms with E-state index in [9.17, 15) is 4.79 Å². The second-order valence-corrected chi connectivity index (χ2v) is 7.16. The summed E-state index contributed by atoms with van der Waals surface area (Å²) in [5.41, 5.74) is 1.32. The average molecular weight is 296 g/mol. The van der Waals surface area contributed by atoms with Crippen LogP contribution in [0.25, 0.3) is 0 Å². The molecule has 2 unspecified atom stereocenters. The van der Waals surface area contributed by atoms with Crippen molar-refractivity contribution in [3.63, 3.8) is 0 Å². The van der Waals surface area contributed by atoms with Crippen molar-refractivity contribution in [1.29, 1.82) is 0 Å². The lowest BCUT2D eigenvalue weighted by molar-refractivity contribution is 0.0697. The van der Waals surface area contributed by atoms with Crippen LogP contribution in [-0.2, 0) is 0 Å². The van der Waals surface area contributed by atoms with Gasteiger partial charge in [-0.05, 0) is 48.8 Å². The molecule has 1 aromatic rings. The van der Waals surface area contributed by atoms with Gasteiger partial charge in [-0.15, -0.1) is 0 Å². The van der Waals surface area contributed by atoms with Crippen LogP contribution in [0.4, 0.5) is 5.69 Å². The van der Waals surface area contributed by atoms with E-state index in [1.807, 2.05) is 6.07 Å². The number of halogens is 1. The maximum atomic E-state index is 11.1. The number of rotatable bonds is 3. The Hall–Kier alpha value is -1.22. The van der Waals surface area contributed by atoms with Crippen LogP contribution in [0.3, 0.4) is 0 Å². The van der Waals surface area contributed by atoms with Crippen LogP contribution in [-0.4, -0.2) is 17.1 Å². The van der Waals surface area contributed by atoms with Crippen LogP contribution in [0.5, 0.6) is 0 Å². The highest BCUT2D eigenvalue weighted by Gasteiger charge is 2.31. The summed E-state index contributed by atoms with van der Waals surface area (Å²) in [5.74, 6) is -0.307. The molecule has 1 fully saturated rings. The third kappa shape index (κ3) is 3.66. The van der Waals surface area contributed by atoms with Crippen molar-refractivity contribution in [1.82, 2.24) is 0 Å². The van der Waals surface area contributed by atoms with Crippen LogP contribution in [0.2, 0.25) is 5.02 Å². The van der Waals surface area contributed by atoms with Crippen LogP contribution < -0.4 is 5.32 Å². The minimum Gasteiger partial charge on any atom is -0.478 e. The highest BCUT2D eigenvalue weighted by molar-refractivity contribution is 6.33. The van der Waals surface area contributed by atoms with E-state index in [4.69, 9.17) is 16.7 Å². The van der Waals surface area contributed by atoms with Gasteiger partial charge in [-0.25, -0.2) is 4.79 Å². The lowest BCUT2D eigenvalue weighted by Crippen LogP contribution is -2.35. The summed E-state index contributed by atoms with van der Waals surface area (Å²) in [5, 5.41) is 12.9. The first-order valence-corrected chi connectivity index (χ1v) is 7.44. The maximum Gasteiger partial charge on any atom is 0.337 e. The molecule has 1 aliphatic rings. The van der Waals surface area contributed by atoms with E-state index in [1.165, 1.54) is 6.42 Å². The predicted octanol–water partition coefficient (Wildman–Crippen LogP) is 4.66. The molecule has 1 saturated carbocycles. The number of carboxylic acids is 1. The van der Waals surface area contributed by atoms with Crippen molar-refractivity contribution < 1.29 is 9.90 Å². The fraction of sp³-hybridized carbons (Fsp3) is 0.562. The quantitative estimate of drug-likeness (QED) is 0.852. The molecule has 0 heterocycles. The van der Waals surface area contributed by atoms with Crippen molar-refractivity contribution in [3.8, 4) is 0 Å². The minimum absolute atomic E-state index is 0.153. The molecular weight excluding hydrogens is 274 g/mol.